The number of carbonyl (C=O) groups excluding carboxylic acids is 1. The first kappa shape index (κ1) is 18.2. The number of piperidine rings is 1. The molecule has 0 unspecified atom stereocenters. The number of nitrogens with zero attached hydrogens (tertiary/aromatic N) is 3. The minimum atomic E-state index is -4.42. The lowest BCUT2D eigenvalue weighted by Crippen LogP contribution is -2.31. The molecule has 138 valence electrons. The molecule has 1 saturated heterocycles. The SMILES string of the molecule is O=C(NCc1nccc(N2CCCCC2)n1)c1ccc(C(F)(F)F)cc1. The lowest BCUT2D eigenvalue weighted by molar-refractivity contribution is -0.137. The monoisotopic (exact) mass is 364 g/mol. The molecule has 0 saturated carbocycles. The third-order valence-corrected chi connectivity index (χ3v) is 4.25. The van der Waals surface area contributed by atoms with Crippen molar-refractivity contribution in [1.82, 2.24) is 15.3 Å². The molecule has 1 N–H and O–H groups in total. The summed E-state index contributed by atoms with van der Waals surface area (Å²) in [5.41, 5.74) is -0.628. The summed E-state index contributed by atoms with van der Waals surface area (Å²) in [5.74, 6) is 0.831. The van der Waals surface area contributed by atoms with E-state index in [0.29, 0.717) is 5.82 Å². The normalized spacial score (nSPS) is 15.0. The Bertz CT molecular complexity index is 756. The highest BCUT2D eigenvalue weighted by Gasteiger charge is 2.30. The van der Waals surface area contributed by atoms with Gasteiger partial charge in [-0.2, -0.15) is 13.2 Å². The van der Waals surface area contributed by atoms with Crippen LogP contribution >= 0.6 is 0 Å². The Kier molecular flexibility index (Phi) is 5.39. The molecule has 0 atom stereocenters. The predicted octanol–water partition coefficient (Wildman–Crippen LogP) is 3.42. The van der Waals surface area contributed by atoms with Gasteiger partial charge in [-0.3, -0.25) is 4.79 Å². The van der Waals surface area contributed by atoms with Gasteiger partial charge in [0.05, 0.1) is 12.1 Å². The zero-order chi connectivity index (χ0) is 18.6. The fraction of sp³-hybridized carbons (Fsp3) is 0.389. The van der Waals surface area contributed by atoms with Crippen LogP contribution in [0.1, 0.15) is 41.0 Å². The molecule has 1 aliphatic heterocycles. The first-order valence-electron chi connectivity index (χ1n) is 8.46. The van der Waals surface area contributed by atoms with Gasteiger partial charge < -0.3 is 10.2 Å². The highest BCUT2D eigenvalue weighted by Crippen LogP contribution is 2.29. The third kappa shape index (κ3) is 4.50. The summed E-state index contributed by atoms with van der Waals surface area (Å²) in [4.78, 5) is 22.9. The topological polar surface area (TPSA) is 58.1 Å². The van der Waals surface area contributed by atoms with Crippen molar-refractivity contribution in [2.45, 2.75) is 32.0 Å². The van der Waals surface area contributed by atoms with Crippen molar-refractivity contribution in [2.24, 2.45) is 0 Å². The van der Waals surface area contributed by atoms with Gasteiger partial charge in [-0.05, 0) is 49.6 Å². The second-order valence-corrected chi connectivity index (χ2v) is 6.14. The Morgan fingerprint density at radius 2 is 1.77 bits per heavy atom. The maximum atomic E-state index is 12.6. The van der Waals surface area contributed by atoms with Crippen LogP contribution in [0.3, 0.4) is 0 Å². The van der Waals surface area contributed by atoms with Gasteiger partial charge >= 0.3 is 6.18 Å². The van der Waals surface area contributed by atoms with Gasteiger partial charge in [0, 0.05) is 24.8 Å². The molecule has 1 amide bonds. The van der Waals surface area contributed by atoms with Gasteiger partial charge in [-0.1, -0.05) is 0 Å². The van der Waals surface area contributed by atoms with Gasteiger partial charge in [0.15, 0.2) is 0 Å². The standard InChI is InChI=1S/C18H19F3N4O/c19-18(20,21)14-6-4-13(5-7-14)17(26)23-12-15-22-9-8-16(24-15)25-10-2-1-3-11-25/h4-9H,1-3,10-12H2,(H,23,26). The molecule has 0 aliphatic carbocycles. The number of anilines is 1. The number of nitrogens with one attached hydrogen (secondary N) is 1. The second kappa shape index (κ2) is 7.72. The molecule has 8 heteroatoms. The van der Waals surface area contributed by atoms with Gasteiger partial charge in [0.2, 0.25) is 0 Å². The number of halogens is 3. The van der Waals surface area contributed by atoms with Gasteiger partial charge in [0.25, 0.3) is 5.91 Å². The van der Waals surface area contributed by atoms with E-state index in [-0.39, 0.29) is 12.1 Å². The van der Waals surface area contributed by atoms with Gasteiger partial charge in [-0.25, -0.2) is 9.97 Å². The quantitative estimate of drug-likeness (QED) is 0.903. The molecule has 1 fully saturated rings. The molecule has 1 aliphatic rings. The average Bonchev–Trinajstić information content (AvgIpc) is 2.66. The van der Waals surface area contributed by atoms with Gasteiger partial charge in [0.1, 0.15) is 11.6 Å². The van der Waals surface area contributed by atoms with Gasteiger partial charge in [-0.15, -0.1) is 0 Å². The molecule has 26 heavy (non-hydrogen) atoms. The maximum Gasteiger partial charge on any atom is 0.416 e. The zero-order valence-corrected chi connectivity index (χ0v) is 14.1. The van der Waals surface area contributed by atoms with Crippen LogP contribution < -0.4 is 10.2 Å². The molecule has 2 heterocycles. The predicted molar refractivity (Wildman–Crippen MR) is 90.7 cm³/mol. The summed E-state index contributed by atoms with van der Waals surface area (Å²) < 4.78 is 37.7. The molecule has 3 rings (SSSR count). The Labute approximate surface area is 149 Å². The molecular weight excluding hydrogens is 345 g/mol. The maximum absolute atomic E-state index is 12.6. The summed E-state index contributed by atoms with van der Waals surface area (Å²) in [5, 5.41) is 2.64. The van der Waals surface area contributed by atoms with Crippen molar-refractivity contribution < 1.29 is 18.0 Å². The smallest absolute Gasteiger partial charge is 0.357 e. The highest BCUT2D eigenvalue weighted by molar-refractivity contribution is 5.94. The Morgan fingerprint density at radius 3 is 2.42 bits per heavy atom. The average molecular weight is 364 g/mol. The summed E-state index contributed by atoms with van der Waals surface area (Å²) in [7, 11) is 0. The van der Waals surface area contributed by atoms with Crippen molar-refractivity contribution in [3.63, 3.8) is 0 Å². The number of hydrogen-bond acceptors (Lipinski definition) is 4. The summed E-state index contributed by atoms with van der Waals surface area (Å²) in [6.07, 6.45) is 0.708. The van der Waals surface area contributed by atoms with E-state index in [0.717, 1.165) is 56.0 Å². The highest BCUT2D eigenvalue weighted by atomic mass is 19.4. The van der Waals surface area contributed by atoms with Crippen LogP contribution in [0.5, 0.6) is 0 Å². The zero-order valence-electron chi connectivity index (χ0n) is 14.1. The minimum absolute atomic E-state index is 0.113. The second-order valence-electron chi connectivity index (χ2n) is 6.14. The fourth-order valence-corrected chi connectivity index (χ4v) is 2.84. The van der Waals surface area contributed by atoms with E-state index in [9.17, 15) is 18.0 Å². The van der Waals surface area contributed by atoms with E-state index < -0.39 is 17.6 Å². The first-order chi connectivity index (χ1) is 12.4. The van der Waals surface area contributed by atoms with E-state index in [4.69, 9.17) is 0 Å². The van der Waals surface area contributed by atoms with E-state index in [1.807, 2.05) is 6.07 Å². The van der Waals surface area contributed by atoms with Crippen LogP contribution in [0, 0.1) is 0 Å². The largest absolute Gasteiger partial charge is 0.416 e. The Morgan fingerprint density at radius 1 is 1.08 bits per heavy atom. The van der Waals surface area contributed by atoms with Crippen molar-refractivity contribution in [1.29, 1.82) is 0 Å². The number of benzene rings is 1. The fourth-order valence-electron chi connectivity index (χ4n) is 2.84. The lowest BCUT2D eigenvalue weighted by atomic mass is 10.1. The van der Waals surface area contributed by atoms with Crippen LogP contribution in [-0.2, 0) is 12.7 Å². The molecule has 5 nitrogen and oxygen atoms in total. The van der Waals surface area contributed by atoms with Crippen LogP contribution in [0.4, 0.5) is 19.0 Å². The van der Waals surface area contributed by atoms with E-state index in [1.165, 1.54) is 6.42 Å². The van der Waals surface area contributed by atoms with Crippen LogP contribution in [0.25, 0.3) is 0 Å². The molecule has 1 aromatic carbocycles. The Hall–Kier alpha value is -2.64. The van der Waals surface area contributed by atoms with Crippen molar-refractivity contribution in [2.75, 3.05) is 18.0 Å². The summed E-state index contributed by atoms with van der Waals surface area (Å²) in [6, 6.07) is 5.93. The number of rotatable bonds is 4. The molecule has 1 aromatic heterocycles. The van der Waals surface area contributed by atoms with Crippen LogP contribution in [0.2, 0.25) is 0 Å². The van der Waals surface area contributed by atoms with Crippen molar-refractivity contribution in [3.8, 4) is 0 Å². The molecule has 0 bridgehead atoms. The number of aromatic nitrogens is 2. The summed E-state index contributed by atoms with van der Waals surface area (Å²) in [6.45, 7) is 2.02. The number of amides is 1. The number of carbonyl (C=O) groups is 1. The van der Waals surface area contributed by atoms with Crippen LogP contribution in [0.15, 0.2) is 36.5 Å². The van der Waals surface area contributed by atoms with Crippen molar-refractivity contribution in [3.05, 3.63) is 53.5 Å². The number of alkyl halides is 3. The first-order valence-corrected chi connectivity index (χ1v) is 8.46. The van der Waals surface area contributed by atoms with E-state index in [2.05, 4.69) is 20.2 Å². The molecule has 0 radical (unpaired) electrons. The molecule has 0 spiro atoms. The summed E-state index contributed by atoms with van der Waals surface area (Å²) >= 11 is 0. The van der Waals surface area contributed by atoms with E-state index >= 15 is 0 Å². The Balaban J connectivity index is 1.60. The molecule has 2 aromatic rings. The van der Waals surface area contributed by atoms with E-state index in [1.54, 1.807) is 6.20 Å². The third-order valence-electron chi connectivity index (χ3n) is 4.25. The van der Waals surface area contributed by atoms with Crippen LogP contribution in [-0.4, -0.2) is 29.0 Å². The van der Waals surface area contributed by atoms with Crippen molar-refractivity contribution >= 4 is 11.7 Å². The number of hydrogen-bond donors (Lipinski definition) is 1. The minimum Gasteiger partial charge on any atom is -0.357 e. The lowest BCUT2D eigenvalue weighted by Gasteiger charge is -2.27. The molecular formula is C18H19F3N4O.